The summed E-state index contributed by atoms with van der Waals surface area (Å²) in [7, 11) is 0. The minimum absolute atomic E-state index is 0.0511. The summed E-state index contributed by atoms with van der Waals surface area (Å²) in [5, 5.41) is 2.71. The van der Waals surface area contributed by atoms with Crippen LogP contribution in [-0.4, -0.2) is 18.5 Å². The first kappa shape index (κ1) is 15.1. The maximum absolute atomic E-state index is 13.0. The molecule has 19 heavy (non-hydrogen) atoms. The molecule has 0 saturated carbocycles. The van der Waals surface area contributed by atoms with Crippen molar-refractivity contribution in [3.05, 3.63) is 35.6 Å². The third-order valence-corrected chi connectivity index (χ3v) is 2.59. The highest BCUT2D eigenvalue weighted by atomic mass is 19.1. The van der Waals surface area contributed by atoms with E-state index in [2.05, 4.69) is 5.32 Å². The van der Waals surface area contributed by atoms with Crippen LogP contribution in [0.15, 0.2) is 24.3 Å². The standard InChI is InChI=1S/C14H18FNO3/c1-3-19-14(18)8-7-13(17)16-10(2)11-5-4-6-12(15)9-11/h4-6,9-10H,3,7-8H2,1-2H3,(H,16,17)/t10-/m0/s1. The first-order valence-corrected chi connectivity index (χ1v) is 6.23. The highest BCUT2D eigenvalue weighted by Crippen LogP contribution is 2.13. The van der Waals surface area contributed by atoms with Gasteiger partial charge in [0.1, 0.15) is 5.82 Å². The fourth-order valence-corrected chi connectivity index (χ4v) is 1.62. The fraction of sp³-hybridized carbons (Fsp3) is 0.429. The number of hydrogen-bond acceptors (Lipinski definition) is 3. The molecule has 4 nitrogen and oxygen atoms in total. The van der Waals surface area contributed by atoms with Crippen LogP contribution in [0.1, 0.15) is 38.3 Å². The van der Waals surface area contributed by atoms with Gasteiger partial charge in [0.15, 0.2) is 0 Å². The summed E-state index contributed by atoms with van der Waals surface area (Å²) in [5.74, 6) is -0.994. The molecule has 104 valence electrons. The molecule has 0 aromatic heterocycles. The van der Waals surface area contributed by atoms with Crippen LogP contribution in [0.4, 0.5) is 4.39 Å². The predicted octanol–water partition coefficient (Wildman–Crippen LogP) is 2.35. The molecule has 1 amide bonds. The van der Waals surface area contributed by atoms with Crippen molar-refractivity contribution >= 4 is 11.9 Å². The lowest BCUT2D eigenvalue weighted by Gasteiger charge is -2.14. The normalized spacial score (nSPS) is 11.7. The number of halogens is 1. The maximum Gasteiger partial charge on any atom is 0.306 e. The van der Waals surface area contributed by atoms with Crippen LogP contribution in [0.5, 0.6) is 0 Å². The number of nitrogens with one attached hydrogen (secondary N) is 1. The van der Waals surface area contributed by atoms with Crippen molar-refractivity contribution in [2.24, 2.45) is 0 Å². The molecule has 1 atom stereocenters. The summed E-state index contributed by atoms with van der Waals surface area (Å²) in [4.78, 5) is 22.7. The van der Waals surface area contributed by atoms with Gasteiger partial charge in [0.25, 0.3) is 0 Å². The number of hydrogen-bond donors (Lipinski definition) is 1. The van der Waals surface area contributed by atoms with E-state index in [0.717, 1.165) is 0 Å². The zero-order chi connectivity index (χ0) is 14.3. The van der Waals surface area contributed by atoms with E-state index < -0.39 is 5.97 Å². The third-order valence-electron chi connectivity index (χ3n) is 2.59. The van der Waals surface area contributed by atoms with Crippen LogP contribution >= 0.6 is 0 Å². The number of ether oxygens (including phenoxy) is 1. The van der Waals surface area contributed by atoms with Gasteiger partial charge < -0.3 is 10.1 Å². The Hall–Kier alpha value is -1.91. The number of amides is 1. The van der Waals surface area contributed by atoms with E-state index in [1.165, 1.54) is 12.1 Å². The summed E-state index contributed by atoms with van der Waals surface area (Å²) in [6.07, 6.45) is 0.119. The van der Waals surface area contributed by atoms with Gasteiger partial charge in [-0.15, -0.1) is 0 Å². The Kier molecular flexibility index (Phi) is 5.99. The summed E-state index contributed by atoms with van der Waals surface area (Å²) in [5.41, 5.74) is 0.685. The molecule has 1 aromatic rings. The Morgan fingerprint density at radius 3 is 2.74 bits per heavy atom. The minimum Gasteiger partial charge on any atom is -0.466 e. The topological polar surface area (TPSA) is 55.4 Å². The van der Waals surface area contributed by atoms with Gasteiger partial charge in [-0.1, -0.05) is 12.1 Å². The highest BCUT2D eigenvalue weighted by molar-refractivity contribution is 5.81. The lowest BCUT2D eigenvalue weighted by Crippen LogP contribution is -2.27. The van der Waals surface area contributed by atoms with Gasteiger partial charge in [-0.3, -0.25) is 9.59 Å². The highest BCUT2D eigenvalue weighted by Gasteiger charge is 2.12. The van der Waals surface area contributed by atoms with Gasteiger partial charge in [-0.2, -0.15) is 0 Å². The Morgan fingerprint density at radius 1 is 1.37 bits per heavy atom. The first-order valence-electron chi connectivity index (χ1n) is 6.23. The molecule has 0 spiro atoms. The summed E-state index contributed by atoms with van der Waals surface area (Å²) < 4.78 is 17.8. The molecule has 1 aromatic carbocycles. The Labute approximate surface area is 112 Å². The molecule has 5 heteroatoms. The lowest BCUT2D eigenvalue weighted by molar-refractivity contribution is -0.144. The summed E-state index contributed by atoms with van der Waals surface area (Å²) in [6, 6.07) is 5.74. The van der Waals surface area contributed by atoms with E-state index in [4.69, 9.17) is 4.74 Å². The number of esters is 1. The number of rotatable bonds is 6. The van der Waals surface area contributed by atoms with E-state index in [1.807, 2.05) is 0 Å². The molecule has 0 unspecified atom stereocenters. The third kappa shape index (κ3) is 5.50. The van der Waals surface area contributed by atoms with Crippen molar-refractivity contribution in [3.63, 3.8) is 0 Å². The molecule has 0 aliphatic carbocycles. The second-order valence-corrected chi connectivity index (χ2v) is 4.15. The average molecular weight is 267 g/mol. The average Bonchev–Trinajstić information content (AvgIpc) is 2.36. The van der Waals surface area contributed by atoms with Gasteiger partial charge in [-0.05, 0) is 31.5 Å². The molecular weight excluding hydrogens is 249 g/mol. The van der Waals surface area contributed by atoms with E-state index >= 15 is 0 Å². The van der Waals surface area contributed by atoms with Crippen molar-refractivity contribution in [2.75, 3.05) is 6.61 Å². The number of benzene rings is 1. The Balaban J connectivity index is 2.42. The molecule has 0 aliphatic rings. The quantitative estimate of drug-likeness (QED) is 0.805. The second-order valence-electron chi connectivity index (χ2n) is 4.15. The van der Waals surface area contributed by atoms with Gasteiger partial charge in [-0.25, -0.2) is 4.39 Å². The molecule has 0 radical (unpaired) electrons. The lowest BCUT2D eigenvalue weighted by atomic mass is 10.1. The van der Waals surface area contributed by atoms with E-state index in [-0.39, 0.29) is 30.6 Å². The zero-order valence-electron chi connectivity index (χ0n) is 11.1. The van der Waals surface area contributed by atoms with Crippen LogP contribution in [0.2, 0.25) is 0 Å². The molecule has 1 N–H and O–H groups in total. The van der Waals surface area contributed by atoms with Gasteiger partial charge in [0.05, 0.1) is 19.1 Å². The zero-order valence-corrected chi connectivity index (χ0v) is 11.1. The van der Waals surface area contributed by atoms with Gasteiger partial charge in [0.2, 0.25) is 5.91 Å². The van der Waals surface area contributed by atoms with Crippen LogP contribution in [0, 0.1) is 5.82 Å². The molecule has 0 bridgehead atoms. The SMILES string of the molecule is CCOC(=O)CCC(=O)N[C@@H](C)c1cccc(F)c1. The molecule has 0 saturated heterocycles. The van der Waals surface area contributed by atoms with Crippen molar-refractivity contribution in [1.82, 2.24) is 5.32 Å². The van der Waals surface area contributed by atoms with Crippen LogP contribution in [0.3, 0.4) is 0 Å². The predicted molar refractivity (Wildman–Crippen MR) is 68.8 cm³/mol. The largest absolute Gasteiger partial charge is 0.466 e. The summed E-state index contributed by atoms with van der Waals surface area (Å²) >= 11 is 0. The fourth-order valence-electron chi connectivity index (χ4n) is 1.62. The Bertz CT molecular complexity index is 448. The van der Waals surface area contributed by atoms with E-state index in [1.54, 1.807) is 26.0 Å². The monoisotopic (exact) mass is 267 g/mol. The first-order chi connectivity index (χ1) is 9.02. The van der Waals surface area contributed by atoms with Crippen molar-refractivity contribution in [1.29, 1.82) is 0 Å². The second kappa shape index (κ2) is 7.51. The van der Waals surface area contributed by atoms with Gasteiger partial charge in [0, 0.05) is 6.42 Å². The summed E-state index contributed by atoms with van der Waals surface area (Å²) in [6.45, 7) is 3.78. The van der Waals surface area contributed by atoms with E-state index in [9.17, 15) is 14.0 Å². The number of carbonyl (C=O) groups excluding carboxylic acids is 2. The van der Waals surface area contributed by atoms with Crippen LogP contribution in [0.25, 0.3) is 0 Å². The molecular formula is C14H18FNO3. The molecule has 0 fully saturated rings. The molecule has 0 heterocycles. The smallest absolute Gasteiger partial charge is 0.306 e. The van der Waals surface area contributed by atoms with Crippen LogP contribution in [-0.2, 0) is 14.3 Å². The van der Waals surface area contributed by atoms with Crippen molar-refractivity contribution in [3.8, 4) is 0 Å². The molecule has 0 aliphatic heterocycles. The maximum atomic E-state index is 13.0. The Morgan fingerprint density at radius 2 is 2.11 bits per heavy atom. The molecule has 1 rings (SSSR count). The van der Waals surface area contributed by atoms with E-state index in [0.29, 0.717) is 12.2 Å². The van der Waals surface area contributed by atoms with Crippen LogP contribution < -0.4 is 5.32 Å². The minimum atomic E-state index is -0.393. The van der Waals surface area contributed by atoms with Crippen molar-refractivity contribution < 1.29 is 18.7 Å². The number of carbonyl (C=O) groups is 2. The van der Waals surface area contributed by atoms with Crippen molar-refractivity contribution in [2.45, 2.75) is 32.7 Å². The van der Waals surface area contributed by atoms with Gasteiger partial charge >= 0.3 is 5.97 Å².